The van der Waals surface area contributed by atoms with E-state index in [0.29, 0.717) is 13.2 Å². The molecular formula is C15H18O3. The standard InChI is InChI=1S/C15H18O3/c1-11(2)13(16)6-4-12-5-7-14-15(10-12)18-9-3-8-17-14/h4-7,10-11H,3,8-9H2,1-2H3/b6-4+. The molecule has 0 fully saturated rings. The zero-order valence-electron chi connectivity index (χ0n) is 10.8. The molecule has 3 nitrogen and oxygen atoms in total. The summed E-state index contributed by atoms with van der Waals surface area (Å²) in [4.78, 5) is 11.5. The first-order chi connectivity index (χ1) is 8.66. The lowest BCUT2D eigenvalue weighted by atomic mass is 10.1. The van der Waals surface area contributed by atoms with Crippen molar-refractivity contribution in [1.29, 1.82) is 0 Å². The number of ether oxygens (including phenoxy) is 2. The number of hydrogen-bond donors (Lipinski definition) is 0. The van der Waals surface area contributed by atoms with Crippen molar-refractivity contribution < 1.29 is 14.3 Å². The van der Waals surface area contributed by atoms with Crippen molar-refractivity contribution in [2.45, 2.75) is 20.3 Å². The number of carbonyl (C=O) groups is 1. The van der Waals surface area contributed by atoms with E-state index in [0.717, 1.165) is 23.5 Å². The highest BCUT2D eigenvalue weighted by molar-refractivity contribution is 5.94. The van der Waals surface area contributed by atoms with Gasteiger partial charge in [-0.15, -0.1) is 0 Å². The van der Waals surface area contributed by atoms with E-state index in [-0.39, 0.29) is 11.7 Å². The molecule has 1 aromatic rings. The van der Waals surface area contributed by atoms with E-state index in [9.17, 15) is 4.79 Å². The van der Waals surface area contributed by atoms with Gasteiger partial charge < -0.3 is 9.47 Å². The Kier molecular flexibility index (Phi) is 4.03. The lowest BCUT2D eigenvalue weighted by molar-refractivity contribution is -0.117. The second-order valence-corrected chi connectivity index (χ2v) is 4.65. The van der Waals surface area contributed by atoms with Gasteiger partial charge in [0.25, 0.3) is 0 Å². The Morgan fingerprint density at radius 2 is 1.94 bits per heavy atom. The normalized spacial score (nSPS) is 14.8. The summed E-state index contributed by atoms with van der Waals surface area (Å²) in [6.07, 6.45) is 4.33. The van der Waals surface area contributed by atoms with E-state index in [1.54, 1.807) is 6.08 Å². The molecule has 0 unspecified atom stereocenters. The molecule has 1 aliphatic rings. The van der Waals surface area contributed by atoms with Crippen LogP contribution in [0.5, 0.6) is 11.5 Å². The van der Waals surface area contributed by atoms with Crippen LogP contribution in [0.4, 0.5) is 0 Å². The number of benzene rings is 1. The van der Waals surface area contributed by atoms with Crippen LogP contribution in [0, 0.1) is 5.92 Å². The van der Waals surface area contributed by atoms with Gasteiger partial charge in [-0.3, -0.25) is 4.79 Å². The number of rotatable bonds is 3. The topological polar surface area (TPSA) is 35.5 Å². The Labute approximate surface area is 107 Å². The van der Waals surface area contributed by atoms with Gasteiger partial charge in [-0.1, -0.05) is 26.0 Å². The molecule has 0 radical (unpaired) electrons. The largest absolute Gasteiger partial charge is 0.490 e. The van der Waals surface area contributed by atoms with Gasteiger partial charge >= 0.3 is 0 Å². The van der Waals surface area contributed by atoms with Gasteiger partial charge in [-0.25, -0.2) is 0 Å². The molecular weight excluding hydrogens is 228 g/mol. The third kappa shape index (κ3) is 3.13. The maximum Gasteiger partial charge on any atom is 0.161 e. The lowest BCUT2D eigenvalue weighted by Gasteiger charge is -2.07. The quantitative estimate of drug-likeness (QED) is 0.769. The molecule has 0 atom stereocenters. The molecule has 0 saturated carbocycles. The predicted octanol–water partition coefficient (Wildman–Crippen LogP) is 3.09. The third-order valence-electron chi connectivity index (χ3n) is 2.78. The molecule has 0 bridgehead atoms. The molecule has 18 heavy (non-hydrogen) atoms. The SMILES string of the molecule is CC(C)C(=O)/C=C/c1ccc2c(c1)OCCCO2. The van der Waals surface area contributed by atoms with E-state index < -0.39 is 0 Å². The highest BCUT2D eigenvalue weighted by Crippen LogP contribution is 2.30. The summed E-state index contributed by atoms with van der Waals surface area (Å²) in [6.45, 7) is 5.14. The number of carbonyl (C=O) groups excluding carboxylic acids is 1. The summed E-state index contributed by atoms with van der Waals surface area (Å²) in [6, 6.07) is 5.72. The number of ketones is 1. The molecule has 2 rings (SSSR count). The average molecular weight is 246 g/mol. The van der Waals surface area contributed by atoms with Gasteiger partial charge in [-0.05, 0) is 23.8 Å². The van der Waals surface area contributed by atoms with Gasteiger partial charge in [0, 0.05) is 12.3 Å². The fourth-order valence-corrected chi connectivity index (χ4v) is 1.65. The first-order valence-corrected chi connectivity index (χ1v) is 6.28. The van der Waals surface area contributed by atoms with Crippen LogP contribution in [0.1, 0.15) is 25.8 Å². The van der Waals surface area contributed by atoms with Crippen molar-refractivity contribution in [3.63, 3.8) is 0 Å². The Balaban J connectivity index is 2.15. The van der Waals surface area contributed by atoms with Gasteiger partial charge in [0.1, 0.15) is 0 Å². The minimum absolute atomic E-state index is 0.0293. The van der Waals surface area contributed by atoms with E-state index in [4.69, 9.17) is 9.47 Å². The predicted molar refractivity (Wildman–Crippen MR) is 70.9 cm³/mol. The van der Waals surface area contributed by atoms with Crippen molar-refractivity contribution in [1.82, 2.24) is 0 Å². The van der Waals surface area contributed by atoms with Crippen LogP contribution in [0.25, 0.3) is 6.08 Å². The van der Waals surface area contributed by atoms with Gasteiger partial charge in [-0.2, -0.15) is 0 Å². The highest BCUT2D eigenvalue weighted by atomic mass is 16.5. The first-order valence-electron chi connectivity index (χ1n) is 6.28. The van der Waals surface area contributed by atoms with Crippen molar-refractivity contribution in [3.05, 3.63) is 29.8 Å². The molecule has 3 heteroatoms. The maximum absolute atomic E-state index is 11.5. The van der Waals surface area contributed by atoms with Gasteiger partial charge in [0.05, 0.1) is 13.2 Å². The van der Waals surface area contributed by atoms with Crippen LogP contribution < -0.4 is 9.47 Å². The van der Waals surface area contributed by atoms with Crippen LogP contribution >= 0.6 is 0 Å². The molecule has 1 heterocycles. The molecule has 0 spiro atoms. The van der Waals surface area contributed by atoms with E-state index in [1.165, 1.54) is 0 Å². The van der Waals surface area contributed by atoms with Crippen molar-refractivity contribution in [2.24, 2.45) is 5.92 Å². The summed E-state index contributed by atoms with van der Waals surface area (Å²) >= 11 is 0. The zero-order valence-corrected chi connectivity index (χ0v) is 10.8. The fourth-order valence-electron chi connectivity index (χ4n) is 1.65. The molecule has 0 saturated heterocycles. The highest BCUT2D eigenvalue weighted by Gasteiger charge is 2.10. The second-order valence-electron chi connectivity index (χ2n) is 4.65. The molecule has 0 aromatic heterocycles. The van der Waals surface area contributed by atoms with Crippen molar-refractivity contribution >= 4 is 11.9 Å². The molecule has 1 aliphatic heterocycles. The number of hydrogen-bond acceptors (Lipinski definition) is 3. The van der Waals surface area contributed by atoms with Crippen LogP contribution in [0.2, 0.25) is 0 Å². The van der Waals surface area contributed by atoms with Gasteiger partial charge in [0.15, 0.2) is 17.3 Å². The summed E-state index contributed by atoms with van der Waals surface area (Å²) in [5.74, 6) is 1.69. The molecule has 0 aliphatic carbocycles. The first kappa shape index (κ1) is 12.7. The van der Waals surface area contributed by atoms with E-state index >= 15 is 0 Å². The number of allylic oxidation sites excluding steroid dienone is 1. The smallest absolute Gasteiger partial charge is 0.161 e. The molecule has 0 amide bonds. The summed E-state index contributed by atoms with van der Waals surface area (Å²) < 4.78 is 11.2. The maximum atomic E-state index is 11.5. The molecule has 96 valence electrons. The van der Waals surface area contributed by atoms with E-state index in [2.05, 4.69) is 0 Å². The van der Waals surface area contributed by atoms with Crippen LogP contribution in [0.3, 0.4) is 0 Å². The number of fused-ring (bicyclic) bond motifs is 1. The van der Waals surface area contributed by atoms with E-state index in [1.807, 2.05) is 38.1 Å². The Hall–Kier alpha value is -1.77. The minimum atomic E-state index is 0.0293. The molecule has 0 N–H and O–H groups in total. The molecule has 1 aromatic carbocycles. The van der Waals surface area contributed by atoms with Gasteiger partial charge in [0.2, 0.25) is 0 Å². The zero-order chi connectivity index (χ0) is 13.0. The Bertz CT molecular complexity index is 461. The average Bonchev–Trinajstić information content (AvgIpc) is 2.60. The van der Waals surface area contributed by atoms with Crippen molar-refractivity contribution in [3.8, 4) is 11.5 Å². The van der Waals surface area contributed by atoms with Crippen LogP contribution in [-0.4, -0.2) is 19.0 Å². The third-order valence-corrected chi connectivity index (χ3v) is 2.78. The Morgan fingerprint density at radius 1 is 1.22 bits per heavy atom. The summed E-state index contributed by atoms with van der Waals surface area (Å²) in [7, 11) is 0. The van der Waals surface area contributed by atoms with Crippen LogP contribution in [-0.2, 0) is 4.79 Å². The monoisotopic (exact) mass is 246 g/mol. The lowest BCUT2D eigenvalue weighted by Crippen LogP contribution is -2.01. The van der Waals surface area contributed by atoms with Crippen molar-refractivity contribution in [2.75, 3.05) is 13.2 Å². The summed E-state index contributed by atoms with van der Waals surface area (Å²) in [5.41, 5.74) is 0.952. The minimum Gasteiger partial charge on any atom is -0.490 e. The summed E-state index contributed by atoms with van der Waals surface area (Å²) in [5, 5.41) is 0. The second kappa shape index (κ2) is 5.71. The fraction of sp³-hybridized carbons (Fsp3) is 0.400. The Morgan fingerprint density at radius 3 is 2.67 bits per heavy atom. The van der Waals surface area contributed by atoms with Crippen LogP contribution in [0.15, 0.2) is 24.3 Å².